The highest BCUT2D eigenvalue weighted by molar-refractivity contribution is 6.22. The smallest absolute Gasteiger partial charge is 0.354 e. The van der Waals surface area contributed by atoms with Crippen LogP contribution in [0.3, 0.4) is 0 Å². The molecule has 0 aliphatic carbocycles. The molecule has 2 aromatic carbocycles. The van der Waals surface area contributed by atoms with Gasteiger partial charge in [-0.15, -0.1) is 0 Å². The van der Waals surface area contributed by atoms with E-state index in [1.54, 1.807) is 48.5 Å². The van der Waals surface area contributed by atoms with Crippen molar-refractivity contribution >= 4 is 18.2 Å². The lowest BCUT2D eigenvalue weighted by molar-refractivity contribution is -0.129. The van der Waals surface area contributed by atoms with Crippen LogP contribution in [0.15, 0.2) is 61.2 Å². The minimum atomic E-state index is -0.730. The maximum absolute atomic E-state index is 11.1. The van der Waals surface area contributed by atoms with Gasteiger partial charge in [-0.1, -0.05) is 18.4 Å². The number of hydrogen-bond donors (Lipinski definition) is 1. The van der Waals surface area contributed by atoms with Gasteiger partial charge in [0.05, 0.1) is 0 Å². The molecule has 0 unspecified atom stereocenters. The van der Waals surface area contributed by atoms with Crippen LogP contribution in [0.4, 0.5) is 0 Å². The zero-order valence-corrected chi connectivity index (χ0v) is 12.6. The van der Waals surface area contributed by atoms with Crippen molar-refractivity contribution in [3.63, 3.8) is 0 Å². The second-order valence-electron chi connectivity index (χ2n) is 4.49. The lowest BCUT2D eigenvalue weighted by Crippen LogP contribution is -2.07. The molecule has 24 heavy (non-hydrogen) atoms. The molecule has 1 N–H and O–H groups in total. The summed E-state index contributed by atoms with van der Waals surface area (Å²) in [7, 11) is 0. The number of hydrogen-bond acceptors (Lipinski definition) is 5. The fourth-order valence-electron chi connectivity index (χ4n) is 1.66. The van der Waals surface area contributed by atoms with Gasteiger partial charge in [-0.05, 0) is 48.5 Å². The van der Waals surface area contributed by atoms with Crippen molar-refractivity contribution in [1.82, 2.24) is 0 Å². The molecule has 5 heteroatoms. The molecule has 0 amide bonds. The van der Waals surface area contributed by atoms with Gasteiger partial charge in [0.15, 0.2) is 0 Å². The molecule has 0 aliphatic heterocycles. The van der Waals surface area contributed by atoms with E-state index in [2.05, 4.69) is 18.4 Å². The highest BCUT2D eigenvalue weighted by Crippen LogP contribution is 2.13. The monoisotopic (exact) mass is 319 g/mol. The third kappa shape index (κ3) is 4.97. The van der Waals surface area contributed by atoms with Crippen LogP contribution in [0.2, 0.25) is 0 Å². The first kappa shape index (κ1) is 16.7. The van der Waals surface area contributed by atoms with Gasteiger partial charge in [-0.3, -0.25) is 0 Å². The molecule has 2 rings (SSSR count). The quantitative estimate of drug-likeness (QED) is 0.309. The van der Waals surface area contributed by atoms with Crippen LogP contribution in [0.5, 0.6) is 11.5 Å². The maximum atomic E-state index is 11.1. The molecule has 0 fully saturated rings. The zero-order valence-electron chi connectivity index (χ0n) is 12.6. The van der Waals surface area contributed by atoms with E-state index in [1.165, 1.54) is 0 Å². The number of esters is 2. The van der Waals surface area contributed by atoms with Gasteiger partial charge in [0.25, 0.3) is 0 Å². The Balaban J connectivity index is 2.04. The van der Waals surface area contributed by atoms with E-state index >= 15 is 0 Å². The molecule has 5 nitrogen and oxygen atoms in total. The first-order valence-electron chi connectivity index (χ1n) is 6.89. The van der Waals surface area contributed by atoms with Crippen LogP contribution in [0, 0.1) is 17.3 Å². The number of rotatable bonds is 4. The van der Waals surface area contributed by atoms with Crippen LogP contribution in [0.25, 0.3) is 0 Å². The van der Waals surface area contributed by atoms with E-state index in [1.807, 2.05) is 0 Å². The molecule has 0 spiro atoms. The van der Waals surface area contributed by atoms with Crippen LogP contribution in [-0.4, -0.2) is 18.2 Å². The second kappa shape index (κ2) is 8.11. The van der Waals surface area contributed by atoms with Gasteiger partial charge in [-0.25, -0.2) is 9.59 Å². The Hall–Kier alpha value is -3.65. The largest absolute Gasteiger partial charge is 0.423 e. The molecule has 0 saturated heterocycles. The average Bonchev–Trinajstić information content (AvgIpc) is 2.62. The number of carbonyl (C=O) groups is 2. The van der Waals surface area contributed by atoms with Crippen LogP contribution in [0.1, 0.15) is 11.1 Å². The normalized spacial score (nSPS) is 9.17. The van der Waals surface area contributed by atoms with Gasteiger partial charge < -0.3 is 14.9 Å². The topological polar surface area (TPSA) is 76.5 Å². The minimum absolute atomic E-state index is 0.349. The Labute approximate surface area is 139 Å². The lowest BCUT2D eigenvalue weighted by Gasteiger charge is -2.00. The average molecular weight is 319 g/mol. The van der Waals surface area contributed by atoms with Crippen LogP contribution >= 0.6 is 0 Å². The van der Waals surface area contributed by atoms with Crippen molar-refractivity contribution in [2.75, 3.05) is 0 Å². The van der Waals surface area contributed by atoms with E-state index in [9.17, 15) is 9.59 Å². The summed E-state index contributed by atoms with van der Waals surface area (Å²) in [5, 5.41) is 6.77. The van der Waals surface area contributed by atoms with Gasteiger partial charge in [-0.2, -0.15) is 0 Å². The second-order valence-corrected chi connectivity index (χ2v) is 4.49. The Morgan fingerprint density at radius 1 is 0.833 bits per heavy atom. The maximum Gasteiger partial charge on any atom is 0.354 e. The summed E-state index contributed by atoms with van der Waals surface area (Å²) in [6.45, 7) is 3.33. The predicted octanol–water partition coefficient (Wildman–Crippen LogP) is 2.73. The van der Waals surface area contributed by atoms with E-state index in [-0.39, 0.29) is 0 Å². The van der Waals surface area contributed by atoms with E-state index in [4.69, 9.17) is 14.9 Å². The molecule has 0 aliphatic rings. The Morgan fingerprint density at radius 2 is 1.25 bits per heavy atom. The first-order valence-corrected chi connectivity index (χ1v) is 6.89. The number of ether oxygens (including phenoxy) is 2. The third-order valence-corrected chi connectivity index (χ3v) is 2.78. The van der Waals surface area contributed by atoms with Crippen molar-refractivity contribution < 1.29 is 19.1 Å². The van der Waals surface area contributed by atoms with E-state index < -0.39 is 11.9 Å². The summed E-state index contributed by atoms with van der Waals surface area (Å²) in [5.74, 6) is 5.46. The highest BCUT2D eigenvalue weighted by Gasteiger charge is 2.00. The molecule has 2 aromatic rings. The number of carbonyl (C=O) groups excluding carboxylic acids is 2. The summed E-state index contributed by atoms with van der Waals surface area (Å²) < 4.78 is 9.83. The Morgan fingerprint density at radius 3 is 1.62 bits per heavy atom. The van der Waals surface area contributed by atoms with Crippen molar-refractivity contribution in [2.24, 2.45) is 0 Å². The number of benzene rings is 2. The number of nitrogens with one attached hydrogen (secondary N) is 1. The van der Waals surface area contributed by atoms with Crippen molar-refractivity contribution in [2.45, 2.75) is 0 Å². The fourth-order valence-corrected chi connectivity index (χ4v) is 1.66. The molecule has 0 bridgehead atoms. The molecule has 0 saturated carbocycles. The highest BCUT2D eigenvalue weighted by atomic mass is 16.5. The van der Waals surface area contributed by atoms with E-state index in [0.717, 1.165) is 17.2 Å². The van der Waals surface area contributed by atoms with Gasteiger partial charge in [0.2, 0.25) is 0 Å². The lowest BCUT2D eigenvalue weighted by atomic mass is 10.2. The minimum Gasteiger partial charge on any atom is -0.423 e. The summed E-state index contributed by atoms with van der Waals surface area (Å²) in [6.07, 6.45) is 1.69. The summed E-state index contributed by atoms with van der Waals surface area (Å²) in [5.41, 5.74) is 1.50. The van der Waals surface area contributed by atoms with Gasteiger partial charge in [0.1, 0.15) is 17.7 Å². The standard InChI is InChI=1S/C19H13NO4/c1-2-18(21)23-16-9-5-14(6-10-16)3-4-15-7-11-17(12-8-15)24-19(22)13-20/h2,5-13,20H,1H2. The van der Waals surface area contributed by atoms with Crippen LogP contribution in [-0.2, 0) is 9.59 Å². The molecular formula is C19H13NO4. The van der Waals surface area contributed by atoms with Gasteiger partial charge >= 0.3 is 11.9 Å². The van der Waals surface area contributed by atoms with Crippen LogP contribution < -0.4 is 9.47 Å². The fraction of sp³-hybridized carbons (Fsp3) is 0. The molecule has 0 radical (unpaired) electrons. The SMILES string of the molecule is C=CC(=O)Oc1ccc(C#Cc2ccc(OC(=O)C=N)cc2)cc1. The summed E-state index contributed by atoms with van der Waals surface area (Å²) in [6, 6.07) is 13.4. The summed E-state index contributed by atoms with van der Waals surface area (Å²) >= 11 is 0. The first-order chi connectivity index (χ1) is 11.6. The van der Waals surface area contributed by atoms with Gasteiger partial charge in [0, 0.05) is 17.2 Å². The molecular weight excluding hydrogens is 306 g/mol. The Kier molecular flexibility index (Phi) is 5.65. The van der Waals surface area contributed by atoms with Crippen molar-refractivity contribution in [3.8, 4) is 23.3 Å². The van der Waals surface area contributed by atoms with E-state index in [0.29, 0.717) is 17.7 Å². The zero-order chi connectivity index (χ0) is 17.4. The summed E-state index contributed by atoms with van der Waals surface area (Å²) in [4.78, 5) is 22.0. The van der Waals surface area contributed by atoms with Crippen molar-refractivity contribution in [3.05, 3.63) is 72.3 Å². The molecule has 0 heterocycles. The molecule has 0 aromatic heterocycles. The van der Waals surface area contributed by atoms with Crippen molar-refractivity contribution in [1.29, 1.82) is 5.41 Å². The predicted molar refractivity (Wildman–Crippen MR) is 89.1 cm³/mol. The molecule has 118 valence electrons. The molecule has 0 atom stereocenters. The Bertz CT molecular complexity index is 755. The third-order valence-electron chi connectivity index (χ3n) is 2.78.